The molecule has 0 atom stereocenters. The largest absolute Gasteiger partial charge is 0.396 e. The highest BCUT2D eigenvalue weighted by Gasteiger charge is 2.41. The van der Waals surface area contributed by atoms with E-state index in [-0.39, 0.29) is 17.9 Å². The average molecular weight is 316 g/mol. The second-order valence-corrected chi connectivity index (χ2v) is 7.12. The van der Waals surface area contributed by atoms with Crippen molar-refractivity contribution in [1.82, 2.24) is 10.3 Å². The second-order valence-electron chi connectivity index (χ2n) is 6.06. The number of aryl methyl sites for hydroxylation is 1. The fourth-order valence-electron chi connectivity index (χ4n) is 2.39. The van der Waals surface area contributed by atoms with E-state index in [1.54, 1.807) is 11.3 Å². The first-order valence-electron chi connectivity index (χ1n) is 7.49. The monoisotopic (exact) mass is 316 g/mol. The Morgan fingerprint density at radius 2 is 2.09 bits per heavy atom. The van der Waals surface area contributed by atoms with E-state index >= 15 is 0 Å². The molecular formula is C17H20N2O2S. The molecule has 0 saturated heterocycles. The third-order valence-corrected chi connectivity index (χ3v) is 4.96. The second kappa shape index (κ2) is 6.18. The zero-order chi connectivity index (χ0) is 15.6. The van der Waals surface area contributed by atoms with Crippen molar-refractivity contribution >= 4 is 17.2 Å². The number of carbonyl (C=O) groups is 1. The van der Waals surface area contributed by atoms with Crippen molar-refractivity contribution in [2.75, 3.05) is 13.2 Å². The first kappa shape index (κ1) is 15.2. The van der Waals surface area contributed by atoms with Gasteiger partial charge in [-0.1, -0.05) is 24.3 Å². The molecule has 3 rings (SSSR count). The highest BCUT2D eigenvalue weighted by atomic mass is 32.1. The summed E-state index contributed by atoms with van der Waals surface area (Å²) < 4.78 is 0. The van der Waals surface area contributed by atoms with Crippen molar-refractivity contribution in [2.24, 2.45) is 5.41 Å². The van der Waals surface area contributed by atoms with Gasteiger partial charge in [0, 0.05) is 22.9 Å². The van der Waals surface area contributed by atoms with E-state index in [4.69, 9.17) is 0 Å². The molecule has 2 N–H and O–H groups in total. The zero-order valence-electron chi connectivity index (χ0n) is 12.6. The number of hydrogen-bond donors (Lipinski definition) is 2. The Morgan fingerprint density at radius 3 is 2.64 bits per heavy atom. The maximum absolute atomic E-state index is 12.0. The van der Waals surface area contributed by atoms with Gasteiger partial charge in [-0.3, -0.25) is 4.79 Å². The summed E-state index contributed by atoms with van der Waals surface area (Å²) in [6.45, 7) is 2.74. The molecular weight excluding hydrogens is 296 g/mol. The van der Waals surface area contributed by atoms with Gasteiger partial charge >= 0.3 is 0 Å². The molecule has 2 aromatic rings. The normalized spacial score (nSPS) is 15.5. The molecule has 1 aromatic carbocycles. The predicted molar refractivity (Wildman–Crippen MR) is 87.8 cm³/mol. The van der Waals surface area contributed by atoms with E-state index in [0.29, 0.717) is 13.0 Å². The number of carbonyl (C=O) groups excluding carboxylic acids is 1. The number of aromatic nitrogens is 1. The molecule has 4 nitrogen and oxygen atoms in total. The van der Waals surface area contributed by atoms with Crippen LogP contribution in [-0.4, -0.2) is 29.1 Å². The minimum atomic E-state index is -0.0397. The van der Waals surface area contributed by atoms with E-state index in [2.05, 4.69) is 10.3 Å². The van der Waals surface area contributed by atoms with E-state index in [0.717, 1.165) is 34.7 Å². The fourth-order valence-corrected chi connectivity index (χ4v) is 3.01. The van der Waals surface area contributed by atoms with Crippen LogP contribution in [0.1, 0.15) is 23.4 Å². The minimum Gasteiger partial charge on any atom is -0.396 e. The number of nitrogens with one attached hydrogen (secondary N) is 1. The number of aliphatic hydroxyl groups is 1. The number of benzene rings is 1. The molecule has 1 heterocycles. The Labute approximate surface area is 134 Å². The quantitative estimate of drug-likeness (QED) is 0.861. The molecule has 1 saturated carbocycles. The van der Waals surface area contributed by atoms with Crippen molar-refractivity contribution in [3.05, 3.63) is 40.2 Å². The standard InChI is InChI=1S/C17H20N2O2S/c1-12-19-15(9-22-12)14-4-2-13(3-5-14)8-16(21)18-10-17(11-20)6-7-17/h2-5,9,20H,6-8,10-11H2,1H3,(H,18,21). The summed E-state index contributed by atoms with van der Waals surface area (Å²) in [6, 6.07) is 7.96. The van der Waals surface area contributed by atoms with Crippen LogP contribution in [0.25, 0.3) is 11.3 Å². The summed E-state index contributed by atoms with van der Waals surface area (Å²) in [5.74, 6) is 0.0111. The van der Waals surface area contributed by atoms with Gasteiger partial charge < -0.3 is 10.4 Å². The number of hydrogen-bond acceptors (Lipinski definition) is 4. The van der Waals surface area contributed by atoms with Crippen LogP contribution in [0, 0.1) is 12.3 Å². The lowest BCUT2D eigenvalue weighted by Crippen LogP contribution is -2.32. The first-order chi connectivity index (χ1) is 10.6. The van der Waals surface area contributed by atoms with Crippen molar-refractivity contribution in [1.29, 1.82) is 0 Å². The van der Waals surface area contributed by atoms with Gasteiger partial charge in [0.25, 0.3) is 0 Å². The average Bonchev–Trinajstić information content (AvgIpc) is 3.19. The molecule has 116 valence electrons. The number of rotatable bonds is 6. The van der Waals surface area contributed by atoms with E-state index in [1.165, 1.54) is 0 Å². The molecule has 1 fully saturated rings. The number of thiazole rings is 1. The molecule has 0 radical (unpaired) electrons. The predicted octanol–water partition coefficient (Wildman–Crippen LogP) is 2.55. The molecule has 5 heteroatoms. The maximum Gasteiger partial charge on any atom is 0.224 e. The highest BCUT2D eigenvalue weighted by Crippen LogP contribution is 2.44. The molecule has 1 aliphatic carbocycles. The van der Waals surface area contributed by atoms with Crippen molar-refractivity contribution in [3.63, 3.8) is 0 Å². The number of amides is 1. The molecule has 0 unspecified atom stereocenters. The molecule has 0 aliphatic heterocycles. The van der Waals surface area contributed by atoms with E-state index in [9.17, 15) is 9.90 Å². The first-order valence-corrected chi connectivity index (χ1v) is 8.37. The van der Waals surface area contributed by atoms with Crippen LogP contribution in [-0.2, 0) is 11.2 Å². The van der Waals surface area contributed by atoms with Crippen LogP contribution in [0.5, 0.6) is 0 Å². The van der Waals surface area contributed by atoms with Gasteiger partial charge in [0.2, 0.25) is 5.91 Å². The van der Waals surface area contributed by atoms with Crippen LogP contribution in [0.3, 0.4) is 0 Å². The summed E-state index contributed by atoms with van der Waals surface area (Å²) in [5, 5.41) is 15.3. The molecule has 1 amide bonds. The van der Waals surface area contributed by atoms with Crippen molar-refractivity contribution in [3.8, 4) is 11.3 Å². The Bertz CT molecular complexity index is 660. The van der Waals surface area contributed by atoms with Crippen LogP contribution < -0.4 is 5.32 Å². The molecule has 22 heavy (non-hydrogen) atoms. The Hall–Kier alpha value is -1.72. The minimum absolute atomic E-state index is 0.0111. The number of aliphatic hydroxyl groups excluding tert-OH is 1. The van der Waals surface area contributed by atoms with Crippen molar-refractivity contribution in [2.45, 2.75) is 26.2 Å². The van der Waals surface area contributed by atoms with Gasteiger partial charge in [-0.25, -0.2) is 4.98 Å². The van der Waals surface area contributed by atoms with Crippen LogP contribution in [0.4, 0.5) is 0 Å². The van der Waals surface area contributed by atoms with Crippen LogP contribution >= 0.6 is 11.3 Å². The summed E-state index contributed by atoms with van der Waals surface area (Å²) in [7, 11) is 0. The van der Waals surface area contributed by atoms with Crippen molar-refractivity contribution < 1.29 is 9.90 Å². The summed E-state index contributed by atoms with van der Waals surface area (Å²) in [6.07, 6.45) is 2.38. The van der Waals surface area contributed by atoms with Gasteiger partial charge in [0.1, 0.15) is 0 Å². The van der Waals surface area contributed by atoms with Gasteiger partial charge in [-0.2, -0.15) is 0 Å². The van der Waals surface area contributed by atoms with E-state index < -0.39 is 0 Å². The highest BCUT2D eigenvalue weighted by molar-refractivity contribution is 7.09. The Kier molecular flexibility index (Phi) is 4.27. The summed E-state index contributed by atoms with van der Waals surface area (Å²) in [5.41, 5.74) is 3.01. The van der Waals surface area contributed by atoms with Gasteiger partial charge in [-0.05, 0) is 25.3 Å². The third-order valence-electron chi connectivity index (χ3n) is 4.19. The molecule has 1 aromatic heterocycles. The molecule has 0 spiro atoms. The fraction of sp³-hybridized carbons (Fsp3) is 0.412. The lowest BCUT2D eigenvalue weighted by molar-refractivity contribution is -0.120. The summed E-state index contributed by atoms with van der Waals surface area (Å²) >= 11 is 1.64. The van der Waals surface area contributed by atoms with Gasteiger partial charge in [0.15, 0.2) is 0 Å². The molecule has 0 bridgehead atoms. The lowest BCUT2D eigenvalue weighted by atomic mass is 10.1. The summed E-state index contributed by atoms with van der Waals surface area (Å²) in [4.78, 5) is 16.4. The Morgan fingerprint density at radius 1 is 1.36 bits per heavy atom. The smallest absolute Gasteiger partial charge is 0.224 e. The lowest BCUT2D eigenvalue weighted by Gasteiger charge is -2.12. The van der Waals surface area contributed by atoms with Crippen LogP contribution in [0.15, 0.2) is 29.6 Å². The SMILES string of the molecule is Cc1nc(-c2ccc(CC(=O)NCC3(CO)CC3)cc2)cs1. The molecule has 1 aliphatic rings. The Balaban J connectivity index is 1.55. The van der Waals surface area contributed by atoms with E-state index in [1.807, 2.05) is 36.6 Å². The van der Waals surface area contributed by atoms with Crippen LogP contribution in [0.2, 0.25) is 0 Å². The topological polar surface area (TPSA) is 62.2 Å². The number of nitrogens with zero attached hydrogens (tertiary/aromatic N) is 1. The van der Waals surface area contributed by atoms with Gasteiger partial charge in [0.05, 0.1) is 23.7 Å². The maximum atomic E-state index is 12.0. The zero-order valence-corrected chi connectivity index (χ0v) is 13.4. The van der Waals surface area contributed by atoms with Gasteiger partial charge in [-0.15, -0.1) is 11.3 Å². The third kappa shape index (κ3) is 3.54.